The molecule has 3 saturated heterocycles. The van der Waals surface area contributed by atoms with E-state index in [9.17, 15) is 19.5 Å². The maximum Gasteiger partial charge on any atom is 0.313 e. The molecule has 8 nitrogen and oxygen atoms in total. The fourth-order valence-corrected chi connectivity index (χ4v) is 7.06. The quantitative estimate of drug-likeness (QED) is 0.305. The van der Waals surface area contributed by atoms with Gasteiger partial charge in [0.25, 0.3) is 0 Å². The molecule has 0 aromatic heterocycles. The van der Waals surface area contributed by atoms with Crippen molar-refractivity contribution >= 4 is 17.8 Å². The lowest BCUT2D eigenvalue weighted by Crippen LogP contribution is -2.59. The van der Waals surface area contributed by atoms with Crippen molar-refractivity contribution in [3.63, 3.8) is 0 Å². The van der Waals surface area contributed by atoms with Gasteiger partial charge >= 0.3 is 5.97 Å². The van der Waals surface area contributed by atoms with Crippen molar-refractivity contribution in [3.05, 3.63) is 61.2 Å². The van der Waals surface area contributed by atoms with E-state index in [0.717, 1.165) is 5.56 Å². The Labute approximate surface area is 231 Å². The van der Waals surface area contributed by atoms with Crippen LogP contribution in [-0.4, -0.2) is 75.7 Å². The first kappa shape index (κ1) is 29.0. The smallest absolute Gasteiger partial charge is 0.313 e. The van der Waals surface area contributed by atoms with Crippen LogP contribution in [0.5, 0.6) is 0 Å². The van der Waals surface area contributed by atoms with Crippen molar-refractivity contribution in [2.45, 2.75) is 76.3 Å². The molecule has 0 radical (unpaired) electrons. The number of esters is 1. The van der Waals surface area contributed by atoms with Gasteiger partial charge in [0.2, 0.25) is 11.8 Å². The van der Waals surface area contributed by atoms with Crippen LogP contribution in [0, 0.1) is 17.8 Å². The minimum Gasteiger partial charge on any atom is -0.461 e. The molecule has 7 atom stereocenters. The van der Waals surface area contributed by atoms with E-state index in [1.54, 1.807) is 15.9 Å². The van der Waals surface area contributed by atoms with Gasteiger partial charge in [-0.3, -0.25) is 14.4 Å². The number of aliphatic hydroxyl groups excluding tert-OH is 1. The second-order valence-electron chi connectivity index (χ2n) is 11.1. The Balaban J connectivity index is 1.83. The number of ether oxygens (including phenoxy) is 2. The van der Waals surface area contributed by atoms with Crippen molar-refractivity contribution in [1.82, 2.24) is 9.80 Å². The topological polar surface area (TPSA) is 96.4 Å². The fraction of sp³-hybridized carbons (Fsp3) is 0.581. The first-order valence-electron chi connectivity index (χ1n) is 14.1. The third-order valence-electron chi connectivity index (χ3n) is 9.17. The number of carbonyl (C=O) groups excluding carboxylic acids is 3. The highest BCUT2D eigenvalue weighted by Crippen LogP contribution is 2.65. The van der Waals surface area contributed by atoms with E-state index in [4.69, 9.17) is 9.47 Å². The van der Waals surface area contributed by atoms with E-state index in [-0.39, 0.29) is 37.5 Å². The number of benzene rings is 1. The van der Waals surface area contributed by atoms with Crippen LogP contribution in [0.15, 0.2) is 55.6 Å². The van der Waals surface area contributed by atoms with Crippen LogP contribution in [0.2, 0.25) is 0 Å². The number of hydrogen-bond donors (Lipinski definition) is 1. The van der Waals surface area contributed by atoms with Gasteiger partial charge in [-0.25, -0.2) is 0 Å². The highest BCUT2D eigenvalue weighted by atomic mass is 16.6. The summed E-state index contributed by atoms with van der Waals surface area (Å²) in [6.07, 6.45) is 5.41. The van der Waals surface area contributed by atoms with Gasteiger partial charge in [0.15, 0.2) is 0 Å². The van der Waals surface area contributed by atoms with Crippen molar-refractivity contribution in [2.24, 2.45) is 17.8 Å². The number of fused-ring (bicyclic) bond motifs is 1. The van der Waals surface area contributed by atoms with Crippen LogP contribution in [0.3, 0.4) is 0 Å². The molecule has 0 saturated carbocycles. The van der Waals surface area contributed by atoms with Crippen LogP contribution in [0.25, 0.3) is 0 Å². The molecule has 3 heterocycles. The highest BCUT2D eigenvalue weighted by molar-refractivity contribution is 5.98. The Hall–Kier alpha value is -2.97. The zero-order chi connectivity index (χ0) is 28.4. The number of amides is 2. The minimum atomic E-state index is -1.18. The predicted octanol–water partition coefficient (Wildman–Crippen LogP) is 3.49. The first-order chi connectivity index (χ1) is 18.7. The SMILES string of the molecule is C=CCOC(=O)[C@@H]1[C@H]2C(=O)N([C@@H](CO)[C@@H](C)CC)C(C(=O)N(CC=C)Cc3ccccc3)C23CC[C@@]1(CC)O3. The van der Waals surface area contributed by atoms with Gasteiger partial charge in [0.1, 0.15) is 24.2 Å². The van der Waals surface area contributed by atoms with Crippen molar-refractivity contribution in [1.29, 1.82) is 0 Å². The normalized spacial score (nSPS) is 30.5. The zero-order valence-corrected chi connectivity index (χ0v) is 23.4. The van der Waals surface area contributed by atoms with E-state index < -0.39 is 41.1 Å². The van der Waals surface area contributed by atoms with E-state index in [0.29, 0.717) is 32.2 Å². The third-order valence-corrected chi connectivity index (χ3v) is 9.17. The van der Waals surface area contributed by atoms with Crippen LogP contribution in [0.1, 0.15) is 52.0 Å². The molecule has 2 bridgehead atoms. The standard InChI is InChI=1S/C31H42N2O6/c1-6-17-32(19-22-13-11-10-12-14-22)28(36)26-31-16-15-30(9-4,39-31)25(29(37)38-18-7-2)24(31)27(35)33(26)23(20-34)21(5)8-3/h6-7,10-14,21,23-26,34H,1-2,8-9,15-20H2,3-5H3/t21-,23-,24-,25-,26?,30+,31?/m0/s1. The summed E-state index contributed by atoms with van der Waals surface area (Å²) in [6, 6.07) is 8.09. The average molecular weight is 539 g/mol. The van der Waals surface area contributed by atoms with Crippen molar-refractivity contribution < 1.29 is 29.0 Å². The minimum absolute atomic E-state index is 0.0332. The molecule has 1 N–H and O–H groups in total. The summed E-state index contributed by atoms with van der Waals surface area (Å²) in [5.74, 6) is -2.85. The molecule has 2 amide bonds. The van der Waals surface area contributed by atoms with Crippen LogP contribution < -0.4 is 0 Å². The second kappa shape index (κ2) is 11.6. The molecule has 212 valence electrons. The Morgan fingerprint density at radius 2 is 1.95 bits per heavy atom. The van der Waals surface area contributed by atoms with Crippen LogP contribution >= 0.6 is 0 Å². The van der Waals surface area contributed by atoms with E-state index in [2.05, 4.69) is 13.2 Å². The number of aliphatic hydroxyl groups is 1. The maximum absolute atomic E-state index is 14.6. The number of carbonyl (C=O) groups is 3. The Morgan fingerprint density at radius 1 is 1.23 bits per heavy atom. The number of likely N-dealkylation sites (tertiary alicyclic amines) is 1. The third kappa shape index (κ3) is 4.72. The van der Waals surface area contributed by atoms with Crippen molar-refractivity contribution in [3.8, 4) is 0 Å². The summed E-state index contributed by atoms with van der Waals surface area (Å²) in [5, 5.41) is 10.5. The fourth-order valence-electron chi connectivity index (χ4n) is 7.06. The Bertz CT molecular complexity index is 1090. The van der Waals surface area contributed by atoms with E-state index in [1.807, 2.05) is 51.1 Å². The summed E-state index contributed by atoms with van der Waals surface area (Å²) >= 11 is 0. The molecule has 1 aromatic rings. The van der Waals surface area contributed by atoms with E-state index >= 15 is 0 Å². The summed E-state index contributed by atoms with van der Waals surface area (Å²) < 4.78 is 12.3. The van der Waals surface area contributed by atoms with Crippen LogP contribution in [0.4, 0.5) is 0 Å². The maximum atomic E-state index is 14.6. The van der Waals surface area contributed by atoms with Gasteiger partial charge in [0.05, 0.1) is 24.2 Å². The number of nitrogens with zero attached hydrogens (tertiary/aromatic N) is 2. The molecule has 3 aliphatic rings. The molecular weight excluding hydrogens is 496 g/mol. The molecule has 0 aliphatic carbocycles. The van der Waals surface area contributed by atoms with Gasteiger partial charge in [0, 0.05) is 13.1 Å². The molecule has 1 spiro atoms. The lowest BCUT2D eigenvalue weighted by atomic mass is 9.65. The second-order valence-corrected chi connectivity index (χ2v) is 11.1. The lowest BCUT2D eigenvalue weighted by molar-refractivity contribution is -0.163. The monoisotopic (exact) mass is 538 g/mol. The van der Waals surface area contributed by atoms with Gasteiger partial charge in [-0.2, -0.15) is 0 Å². The molecule has 3 aliphatic heterocycles. The molecule has 4 rings (SSSR count). The average Bonchev–Trinajstić information content (AvgIpc) is 3.56. The predicted molar refractivity (Wildman–Crippen MR) is 147 cm³/mol. The molecule has 3 fully saturated rings. The van der Waals surface area contributed by atoms with Gasteiger partial charge in [-0.05, 0) is 30.7 Å². The summed E-state index contributed by atoms with van der Waals surface area (Å²) in [5.41, 5.74) is -1.11. The van der Waals surface area contributed by atoms with E-state index in [1.165, 1.54) is 6.08 Å². The summed E-state index contributed by atoms with van der Waals surface area (Å²) in [7, 11) is 0. The number of rotatable bonds is 13. The molecule has 39 heavy (non-hydrogen) atoms. The van der Waals surface area contributed by atoms with Gasteiger partial charge in [-0.1, -0.05) is 76.3 Å². The Morgan fingerprint density at radius 3 is 2.54 bits per heavy atom. The summed E-state index contributed by atoms with van der Waals surface area (Å²) in [6.45, 7) is 13.8. The lowest BCUT2D eigenvalue weighted by Gasteiger charge is -2.41. The first-order valence-corrected chi connectivity index (χ1v) is 14.1. The Kier molecular flexibility index (Phi) is 8.66. The number of hydrogen-bond acceptors (Lipinski definition) is 6. The zero-order valence-electron chi connectivity index (χ0n) is 23.4. The highest BCUT2D eigenvalue weighted by Gasteiger charge is 2.79. The van der Waals surface area contributed by atoms with Crippen LogP contribution in [-0.2, 0) is 30.4 Å². The van der Waals surface area contributed by atoms with Gasteiger partial charge in [-0.15, -0.1) is 6.58 Å². The van der Waals surface area contributed by atoms with Crippen molar-refractivity contribution in [2.75, 3.05) is 19.8 Å². The summed E-state index contributed by atoms with van der Waals surface area (Å²) in [4.78, 5) is 45.7. The molecule has 8 heteroatoms. The molecule has 1 aromatic carbocycles. The molecule has 2 unspecified atom stereocenters. The van der Waals surface area contributed by atoms with Gasteiger partial charge < -0.3 is 24.4 Å². The largest absolute Gasteiger partial charge is 0.461 e. The molecular formula is C31H42N2O6.